The third-order valence-corrected chi connectivity index (χ3v) is 1.27. The molecule has 0 saturated carbocycles. The van der Waals surface area contributed by atoms with Crippen LogP contribution in [0.3, 0.4) is 0 Å². The molecule has 1 N–H and O–H groups in total. The zero-order valence-corrected chi connectivity index (χ0v) is 5.62. The quantitative estimate of drug-likeness (QED) is 0.662. The van der Waals surface area contributed by atoms with Gasteiger partial charge < -0.3 is 5.11 Å². The van der Waals surface area contributed by atoms with E-state index < -0.39 is 5.82 Å². The van der Waals surface area contributed by atoms with Crippen molar-refractivity contribution >= 4 is 0 Å². The van der Waals surface area contributed by atoms with Crippen molar-refractivity contribution in [1.29, 1.82) is 0 Å². The number of phenolic OH excluding ortho intramolecular Hbond substituents is 1. The van der Waals surface area contributed by atoms with E-state index in [-0.39, 0.29) is 17.9 Å². The maximum Gasteiger partial charge on any atom is 0.132 e. The Kier molecular flexibility index (Phi) is 2.15. The maximum absolute atomic E-state index is 12.7. The number of halogens is 1. The van der Waals surface area contributed by atoms with E-state index in [4.69, 9.17) is 5.11 Å². The van der Waals surface area contributed by atoms with Crippen molar-refractivity contribution in [3.63, 3.8) is 0 Å². The summed E-state index contributed by atoms with van der Waals surface area (Å²) in [5.41, 5.74) is 0.192. The molecule has 0 spiro atoms. The monoisotopic (exact) mass is 155 g/mol. The zero-order valence-electron chi connectivity index (χ0n) is 5.62. The largest absolute Gasteiger partial charge is 0.508 e. The second-order valence-corrected chi connectivity index (χ2v) is 2.06. The van der Waals surface area contributed by atoms with E-state index in [0.717, 1.165) is 6.07 Å². The number of nitrogens with zero attached hydrogens (tertiary/aromatic N) is 1. The first kappa shape index (κ1) is 7.65. The highest BCUT2D eigenvalue weighted by Gasteiger charge is 2.01. The highest BCUT2D eigenvalue weighted by atomic mass is 19.1. The Morgan fingerprint density at radius 2 is 2.27 bits per heavy atom. The molecule has 1 aromatic rings. The molecule has 0 aromatic heterocycles. The summed E-state index contributed by atoms with van der Waals surface area (Å²) in [6.45, 7) is -0.202. The molecule has 3 nitrogen and oxygen atoms in total. The summed E-state index contributed by atoms with van der Waals surface area (Å²) < 4.78 is 12.7. The summed E-state index contributed by atoms with van der Waals surface area (Å²) in [5.74, 6) is -0.762. The van der Waals surface area contributed by atoms with Gasteiger partial charge in [-0.1, -0.05) is 11.2 Å². The van der Waals surface area contributed by atoms with E-state index >= 15 is 0 Å². The third-order valence-electron chi connectivity index (χ3n) is 1.27. The molecule has 0 saturated heterocycles. The molecular formula is C7H6FNO2. The molecule has 0 radical (unpaired) electrons. The SMILES string of the molecule is O=NCc1ccc(O)cc1F. The topological polar surface area (TPSA) is 49.7 Å². The minimum Gasteiger partial charge on any atom is -0.508 e. The Morgan fingerprint density at radius 1 is 1.55 bits per heavy atom. The van der Waals surface area contributed by atoms with Crippen molar-refractivity contribution in [2.75, 3.05) is 0 Å². The first-order valence-corrected chi connectivity index (χ1v) is 3.00. The Labute approximate surface area is 62.5 Å². The molecule has 4 heteroatoms. The number of hydrogen-bond donors (Lipinski definition) is 1. The fraction of sp³-hybridized carbons (Fsp3) is 0.143. The highest BCUT2D eigenvalue weighted by molar-refractivity contribution is 5.27. The van der Waals surface area contributed by atoms with Crippen LogP contribution in [0.5, 0.6) is 5.75 Å². The molecule has 0 heterocycles. The van der Waals surface area contributed by atoms with Gasteiger partial charge in [-0.05, 0) is 6.07 Å². The van der Waals surface area contributed by atoms with Gasteiger partial charge in [-0.15, -0.1) is 0 Å². The van der Waals surface area contributed by atoms with Crippen LogP contribution in [0.25, 0.3) is 0 Å². The predicted molar refractivity (Wildman–Crippen MR) is 37.6 cm³/mol. The van der Waals surface area contributed by atoms with Crippen LogP contribution < -0.4 is 0 Å². The van der Waals surface area contributed by atoms with E-state index in [9.17, 15) is 9.30 Å². The fourth-order valence-corrected chi connectivity index (χ4v) is 0.734. The Morgan fingerprint density at radius 3 is 2.82 bits per heavy atom. The molecule has 0 aliphatic heterocycles. The normalized spacial score (nSPS) is 9.55. The Bertz CT molecular complexity index is 275. The second kappa shape index (κ2) is 3.09. The van der Waals surface area contributed by atoms with Crippen molar-refractivity contribution in [3.8, 4) is 5.75 Å². The van der Waals surface area contributed by atoms with Gasteiger partial charge in [0, 0.05) is 11.6 Å². The average Bonchev–Trinajstić information content (AvgIpc) is 1.95. The summed E-state index contributed by atoms with van der Waals surface area (Å²) in [5, 5.41) is 11.3. The van der Waals surface area contributed by atoms with Gasteiger partial charge in [-0.3, -0.25) is 0 Å². The van der Waals surface area contributed by atoms with Crippen LogP contribution in [-0.2, 0) is 6.54 Å². The van der Waals surface area contributed by atoms with Crippen molar-refractivity contribution < 1.29 is 9.50 Å². The van der Waals surface area contributed by atoms with Crippen LogP contribution in [-0.4, -0.2) is 5.11 Å². The van der Waals surface area contributed by atoms with Gasteiger partial charge in [-0.25, -0.2) is 4.39 Å². The van der Waals surface area contributed by atoms with E-state index in [0.29, 0.717) is 0 Å². The van der Waals surface area contributed by atoms with Gasteiger partial charge in [-0.2, -0.15) is 4.91 Å². The smallest absolute Gasteiger partial charge is 0.132 e. The van der Waals surface area contributed by atoms with Crippen molar-refractivity contribution in [2.24, 2.45) is 5.18 Å². The summed E-state index contributed by atoms with van der Waals surface area (Å²) >= 11 is 0. The molecule has 1 aromatic carbocycles. The van der Waals surface area contributed by atoms with Crippen LogP contribution in [0.1, 0.15) is 5.56 Å². The molecule has 0 aliphatic rings. The first-order valence-electron chi connectivity index (χ1n) is 3.00. The van der Waals surface area contributed by atoms with E-state index in [1.54, 1.807) is 0 Å². The molecule has 58 valence electrons. The van der Waals surface area contributed by atoms with Crippen molar-refractivity contribution in [2.45, 2.75) is 6.54 Å². The first-order chi connectivity index (χ1) is 5.24. The highest BCUT2D eigenvalue weighted by Crippen LogP contribution is 2.15. The van der Waals surface area contributed by atoms with Crippen LogP contribution >= 0.6 is 0 Å². The zero-order chi connectivity index (χ0) is 8.27. The maximum atomic E-state index is 12.7. The molecule has 0 unspecified atom stereocenters. The summed E-state index contributed by atoms with van der Waals surface area (Å²) in [6.07, 6.45) is 0. The number of hydrogen-bond acceptors (Lipinski definition) is 3. The Balaban J connectivity index is 2.98. The average molecular weight is 155 g/mol. The standard InChI is InChI=1S/C7H6FNO2/c8-7-3-6(10)2-1-5(7)4-9-11/h1-3,10H,4H2. The summed E-state index contributed by atoms with van der Waals surface area (Å²) in [4.78, 5) is 9.73. The molecule has 0 fully saturated rings. The van der Waals surface area contributed by atoms with Crippen molar-refractivity contribution in [3.05, 3.63) is 34.5 Å². The molecule has 0 aliphatic carbocycles. The molecule has 1 rings (SSSR count). The predicted octanol–water partition coefficient (Wildman–Crippen LogP) is 1.80. The molecule has 11 heavy (non-hydrogen) atoms. The third kappa shape index (κ3) is 1.73. The van der Waals surface area contributed by atoms with E-state index in [2.05, 4.69) is 5.18 Å². The second-order valence-electron chi connectivity index (χ2n) is 2.06. The number of aromatic hydroxyl groups is 1. The van der Waals surface area contributed by atoms with Gasteiger partial charge in [0.15, 0.2) is 0 Å². The molecule has 0 amide bonds. The van der Waals surface area contributed by atoms with Gasteiger partial charge in [0.1, 0.15) is 18.1 Å². The van der Waals surface area contributed by atoms with Crippen LogP contribution in [0.4, 0.5) is 4.39 Å². The molecule has 0 bridgehead atoms. The lowest BCUT2D eigenvalue weighted by Gasteiger charge is -1.96. The fourth-order valence-electron chi connectivity index (χ4n) is 0.734. The van der Waals surface area contributed by atoms with Gasteiger partial charge in [0.05, 0.1) is 0 Å². The number of benzene rings is 1. The van der Waals surface area contributed by atoms with Gasteiger partial charge >= 0.3 is 0 Å². The van der Waals surface area contributed by atoms with E-state index in [1.165, 1.54) is 12.1 Å². The molecular weight excluding hydrogens is 149 g/mol. The lowest BCUT2D eigenvalue weighted by molar-refractivity contribution is 0.468. The van der Waals surface area contributed by atoms with Crippen LogP contribution in [0.15, 0.2) is 23.4 Å². The number of phenols is 1. The van der Waals surface area contributed by atoms with Crippen molar-refractivity contribution in [1.82, 2.24) is 0 Å². The van der Waals surface area contributed by atoms with Gasteiger partial charge in [0.2, 0.25) is 0 Å². The van der Waals surface area contributed by atoms with E-state index in [1.807, 2.05) is 0 Å². The summed E-state index contributed by atoms with van der Waals surface area (Å²) in [6, 6.07) is 3.58. The Hall–Kier alpha value is -1.45. The minimum absolute atomic E-state index is 0.155. The van der Waals surface area contributed by atoms with Gasteiger partial charge in [0.25, 0.3) is 0 Å². The lowest BCUT2D eigenvalue weighted by atomic mass is 10.2. The molecule has 0 atom stereocenters. The van der Waals surface area contributed by atoms with Crippen LogP contribution in [0.2, 0.25) is 0 Å². The number of rotatable bonds is 2. The minimum atomic E-state index is -0.607. The van der Waals surface area contributed by atoms with Crippen LogP contribution in [0, 0.1) is 10.7 Å². The number of nitroso groups, excluding NO2 is 1. The summed E-state index contributed by atoms with van der Waals surface area (Å²) in [7, 11) is 0. The lowest BCUT2D eigenvalue weighted by Crippen LogP contribution is -1.86.